The van der Waals surface area contributed by atoms with Crippen LogP contribution >= 0.6 is 0 Å². The molecule has 5 rings (SSSR count). The van der Waals surface area contributed by atoms with Crippen molar-refractivity contribution in [2.45, 2.75) is 18.3 Å². The quantitative estimate of drug-likeness (QED) is 0.216. The number of benzene rings is 2. The van der Waals surface area contributed by atoms with E-state index in [1.165, 1.54) is 30.3 Å². The molecule has 13 heteroatoms. The van der Waals surface area contributed by atoms with Crippen LogP contribution in [0.15, 0.2) is 54.7 Å². The number of hydrogen-bond acceptors (Lipinski definition) is 5. The van der Waals surface area contributed by atoms with Gasteiger partial charge in [-0.1, -0.05) is 0 Å². The maximum Gasteiger partial charge on any atom is 0.417 e. The third-order valence-corrected chi connectivity index (χ3v) is 5.85. The Kier molecular flexibility index (Phi) is 5.46. The van der Waals surface area contributed by atoms with E-state index >= 15 is 0 Å². The van der Waals surface area contributed by atoms with Crippen LogP contribution < -0.4 is 4.90 Å². The Hall–Kier alpha value is -4.42. The molecule has 1 unspecified atom stereocenters. The number of ether oxygens (including phenoxy) is 1. The number of imidazole rings is 1. The highest BCUT2D eigenvalue weighted by Crippen LogP contribution is 2.44. The van der Waals surface area contributed by atoms with Gasteiger partial charge in [0.05, 0.1) is 40.7 Å². The number of halogens is 6. The van der Waals surface area contributed by atoms with Gasteiger partial charge in [0.25, 0.3) is 5.91 Å². The van der Waals surface area contributed by atoms with Crippen molar-refractivity contribution in [3.63, 3.8) is 0 Å². The lowest BCUT2D eigenvalue weighted by atomic mass is 10.1. The molecule has 1 aliphatic heterocycles. The number of fused-ring (bicyclic) bond motifs is 2. The van der Waals surface area contributed by atoms with Crippen LogP contribution in [0.3, 0.4) is 0 Å². The van der Waals surface area contributed by atoms with Crippen LogP contribution in [-0.4, -0.2) is 33.9 Å². The van der Waals surface area contributed by atoms with E-state index in [-0.39, 0.29) is 28.4 Å². The first-order valence-electron chi connectivity index (χ1n) is 10.5. The van der Waals surface area contributed by atoms with Crippen molar-refractivity contribution < 1.29 is 40.7 Å². The third-order valence-electron chi connectivity index (χ3n) is 5.85. The highest BCUT2D eigenvalue weighted by atomic mass is 19.4. The van der Waals surface area contributed by atoms with Crippen LogP contribution in [0.1, 0.15) is 22.7 Å². The summed E-state index contributed by atoms with van der Waals surface area (Å²) in [6.45, 7) is 0. The summed E-state index contributed by atoms with van der Waals surface area (Å²) in [5, 5.41) is 0. The van der Waals surface area contributed by atoms with E-state index in [4.69, 9.17) is 0 Å². The Labute approximate surface area is 203 Å². The summed E-state index contributed by atoms with van der Waals surface area (Å²) in [4.78, 5) is 37.1. The number of esters is 1. The Balaban J connectivity index is 1.53. The van der Waals surface area contributed by atoms with Gasteiger partial charge < -0.3 is 9.72 Å². The number of nitrogens with zero attached hydrogens (tertiary/aromatic N) is 3. The highest BCUT2D eigenvalue weighted by Gasteiger charge is 2.46. The van der Waals surface area contributed by atoms with Gasteiger partial charge in [-0.05, 0) is 48.5 Å². The average Bonchev–Trinajstić information content (AvgIpc) is 3.40. The zero-order valence-electron chi connectivity index (χ0n) is 18.6. The maximum absolute atomic E-state index is 13.3. The Morgan fingerprint density at radius 3 is 2.27 bits per heavy atom. The van der Waals surface area contributed by atoms with Gasteiger partial charge in [0.2, 0.25) is 0 Å². The standard InChI is InChI=1S/C24H14F6N4O3/c1-37-22(36)18-19-17(9-13(10-31-19)24(28,29)30)34(21(18)35)14-5-2-11(3-6-14)20-32-15-7-4-12(23(25,26)27)8-16(15)33-20/h2-10,18H,1H3,(H,32,33). The molecule has 0 saturated heterocycles. The van der Waals surface area contributed by atoms with Crippen molar-refractivity contribution in [3.05, 3.63) is 71.5 Å². The third kappa shape index (κ3) is 4.15. The minimum Gasteiger partial charge on any atom is -0.468 e. The summed E-state index contributed by atoms with van der Waals surface area (Å²) < 4.78 is 83.6. The molecule has 2 aromatic carbocycles. The van der Waals surface area contributed by atoms with Gasteiger partial charge in [0, 0.05) is 17.4 Å². The normalized spacial score (nSPS) is 15.8. The number of pyridine rings is 1. The Bertz CT molecular complexity index is 1540. The Morgan fingerprint density at radius 1 is 0.973 bits per heavy atom. The van der Waals surface area contributed by atoms with E-state index < -0.39 is 41.3 Å². The molecule has 1 N–H and O–H groups in total. The second-order valence-electron chi connectivity index (χ2n) is 8.12. The molecule has 1 amide bonds. The fourth-order valence-electron chi connectivity index (χ4n) is 4.07. The van der Waals surface area contributed by atoms with Gasteiger partial charge in [-0.2, -0.15) is 26.3 Å². The lowest BCUT2D eigenvalue weighted by molar-refractivity contribution is -0.145. The molecule has 0 spiro atoms. The first-order valence-corrected chi connectivity index (χ1v) is 10.5. The number of anilines is 2. The molecule has 7 nitrogen and oxygen atoms in total. The van der Waals surface area contributed by atoms with Crippen molar-refractivity contribution in [1.82, 2.24) is 15.0 Å². The average molecular weight is 520 g/mol. The van der Waals surface area contributed by atoms with Crippen molar-refractivity contribution >= 4 is 34.3 Å². The summed E-state index contributed by atoms with van der Waals surface area (Å²) in [6.07, 6.45) is -8.72. The molecule has 0 aliphatic carbocycles. The highest BCUT2D eigenvalue weighted by molar-refractivity contribution is 6.19. The van der Waals surface area contributed by atoms with Crippen LogP contribution in [0.5, 0.6) is 0 Å². The minimum absolute atomic E-state index is 0.137. The number of aromatic nitrogens is 3. The summed E-state index contributed by atoms with van der Waals surface area (Å²) in [5.41, 5.74) is -1.31. The predicted octanol–water partition coefficient (Wildman–Crippen LogP) is 5.60. The molecular formula is C24H14F6N4O3. The van der Waals surface area contributed by atoms with Gasteiger partial charge >= 0.3 is 18.3 Å². The second-order valence-corrected chi connectivity index (χ2v) is 8.12. The van der Waals surface area contributed by atoms with Gasteiger partial charge in [0.1, 0.15) is 5.82 Å². The topological polar surface area (TPSA) is 88.2 Å². The molecule has 0 radical (unpaired) electrons. The van der Waals surface area contributed by atoms with Crippen LogP contribution in [0.2, 0.25) is 0 Å². The van der Waals surface area contributed by atoms with Gasteiger partial charge in [-0.3, -0.25) is 19.5 Å². The number of alkyl halides is 6. The number of hydrogen-bond donors (Lipinski definition) is 1. The van der Waals surface area contributed by atoms with Crippen molar-refractivity contribution in [2.75, 3.05) is 12.0 Å². The SMILES string of the molecule is COC(=O)C1C(=O)N(c2ccc(-c3nc4ccc(C(F)(F)F)cc4[nH]3)cc2)c2cc(C(F)(F)F)cnc21. The van der Waals surface area contributed by atoms with Crippen LogP contribution in [0.25, 0.3) is 22.4 Å². The molecule has 0 bridgehead atoms. The maximum atomic E-state index is 13.3. The van der Waals surface area contributed by atoms with E-state index in [0.29, 0.717) is 17.3 Å². The number of aromatic amines is 1. The molecule has 1 aliphatic rings. The molecular weight excluding hydrogens is 506 g/mol. The van der Waals surface area contributed by atoms with Crippen LogP contribution in [-0.2, 0) is 26.7 Å². The summed E-state index contributed by atoms with van der Waals surface area (Å²) in [7, 11) is 1.04. The van der Waals surface area contributed by atoms with Gasteiger partial charge in [-0.25, -0.2) is 4.98 Å². The smallest absolute Gasteiger partial charge is 0.417 e. The molecule has 190 valence electrons. The van der Waals surface area contributed by atoms with E-state index in [0.717, 1.165) is 30.2 Å². The zero-order valence-corrected chi connectivity index (χ0v) is 18.6. The van der Waals surface area contributed by atoms with E-state index in [2.05, 4.69) is 19.7 Å². The fourth-order valence-corrected chi connectivity index (χ4v) is 4.07. The molecule has 4 aromatic rings. The summed E-state index contributed by atoms with van der Waals surface area (Å²) in [5.74, 6) is -3.12. The summed E-state index contributed by atoms with van der Waals surface area (Å²) in [6, 6.07) is 9.58. The van der Waals surface area contributed by atoms with Crippen LogP contribution in [0.4, 0.5) is 37.7 Å². The molecule has 1 atom stereocenters. The van der Waals surface area contributed by atoms with Crippen molar-refractivity contribution in [1.29, 1.82) is 0 Å². The first kappa shape index (κ1) is 24.3. The monoisotopic (exact) mass is 520 g/mol. The first-order chi connectivity index (χ1) is 17.4. The number of carbonyl (C=O) groups is 2. The molecule has 3 heterocycles. The van der Waals surface area contributed by atoms with Gasteiger partial charge in [0.15, 0.2) is 5.92 Å². The number of methoxy groups -OCH3 is 1. The second kappa shape index (κ2) is 8.32. The number of amides is 1. The van der Waals surface area contributed by atoms with Crippen molar-refractivity contribution in [3.8, 4) is 11.4 Å². The van der Waals surface area contributed by atoms with E-state index in [9.17, 15) is 35.9 Å². The number of carbonyl (C=O) groups excluding carboxylic acids is 2. The molecule has 37 heavy (non-hydrogen) atoms. The number of rotatable bonds is 3. The van der Waals surface area contributed by atoms with Crippen LogP contribution in [0, 0.1) is 0 Å². The largest absolute Gasteiger partial charge is 0.468 e. The van der Waals surface area contributed by atoms with Crippen molar-refractivity contribution in [2.24, 2.45) is 0 Å². The number of H-pyrrole nitrogens is 1. The van der Waals surface area contributed by atoms with E-state index in [1.807, 2.05) is 0 Å². The molecule has 0 saturated carbocycles. The predicted molar refractivity (Wildman–Crippen MR) is 118 cm³/mol. The molecule has 2 aromatic heterocycles. The minimum atomic E-state index is -4.74. The zero-order chi connectivity index (χ0) is 26.7. The molecule has 0 fully saturated rings. The lowest BCUT2D eigenvalue weighted by Crippen LogP contribution is -2.28. The number of nitrogens with one attached hydrogen (secondary N) is 1. The van der Waals surface area contributed by atoms with Gasteiger partial charge in [-0.15, -0.1) is 0 Å². The fraction of sp³-hybridized carbons (Fsp3) is 0.167. The summed E-state index contributed by atoms with van der Waals surface area (Å²) >= 11 is 0. The lowest BCUT2D eigenvalue weighted by Gasteiger charge is -2.19. The van der Waals surface area contributed by atoms with E-state index in [1.54, 1.807) is 0 Å². The Morgan fingerprint density at radius 2 is 1.65 bits per heavy atom.